The highest BCUT2D eigenvalue weighted by Gasteiger charge is 2.36. The maximum atomic E-state index is 5.44. The van der Waals surface area contributed by atoms with Gasteiger partial charge in [0, 0.05) is 45.4 Å². The van der Waals surface area contributed by atoms with Gasteiger partial charge in [-0.15, -0.1) is 0 Å². The number of rotatable bonds is 5. The molecule has 0 spiro atoms. The average Bonchev–Trinajstić information content (AvgIpc) is 2.47. The maximum absolute atomic E-state index is 5.44. The first-order valence-electron chi connectivity index (χ1n) is 9.74. The maximum Gasteiger partial charge on any atom is 0.0577 e. The Kier molecular flexibility index (Phi) is 6.00. The molecular weight excluding hydrogens is 286 g/mol. The van der Waals surface area contributed by atoms with Crippen LogP contribution in [0.15, 0.2) is 0 Å². The van der Waals surface area contributed by atoms with Crippen LogP contribution >= 0.6 is 0 Å². The molecule has 23 heavy (non-hydrogen) atoms. The molecule has 0 aromatic carbocycles. The zero-order chi connectivity index (χ0) is 16.4. The first-order chi connectivity index (χ1) is 11.0. The van der Waals surface area contributed by atoms with Gasteiger partial charge in [0.25, 0.3) is 0 Å². The lowest BCUT2D eigenvalue weighted by Crippen LogP contribution is -2.59. The van der Waals surface area contributed by atoms with Crippen molar-refractivity contribution in [3.05, 3.63) is 0 Å². The molecule has 0 aromatic rings. The van der Waals surface area contributed by atoms with Crippen LogP contribution in [0.1, 0.15) is 39.5 Å². The number of hydrogen-bond acceptors (Lipinski definition) is 4. The second kappa shape index (κ2) is 7.81. The summed E-state index contributed by atoms with van der Waals surface area (Å²) in [6, 6.07) is 1.40. The van der Waals surface area contributed by atoms with E-state index in [1.165, 1.54) is 65.0 Å². The van der Waals surface area contributed by atoms with Gasteiger partial charge in [-0.05, 0) is 71.5 Å². The molecule has 2 atom stereocenters. The summed E-state index contributed by atoms with van der Waals surface area (Å²) in [6.07, 6.45) is 5.86. The van der Waals surface area contributed by atoms with E-state index in [1.54, 1.807) is 0 Å². The molecular formula is C19H37N3O. The molecule has 0 N–H and O–H groups in total. The summed E-state index contributed by atoms with van der Waals surface area (Å²) in [5.41, 5.74) is 0. The van der Waals surface area contributed by atoms with Crippen LogP contribution < -0.4 is 0 Å². The standard InChI is InChI=1S/C19H37N3O/c1-15-11-21(13-17-5-7-20(3)8-6-17)12-16(2)22(15)14-18-9-19(10-18)23-4/h15-19H,5-14H2,1-4H3/t15?,16?,18-,19-. The Labute approximate surface area is 143 Å². The third kappa shape index (κ3) is 4.47. The molecule has 0 aromatic heterocycles. The molecule has 1 saturated carbocycles. The lowest BCUT2D eigenvalue weighted by Gasteiger charge is -2.48. The normalized spacial score (nSPS) is 38.6. The fourth-order valence-corrected chi connectivity index (χ4v) is 4.90. The number of piperidine rings is 1. The van der Waals surface area contributed by atoms with Gasteiger partial charge in [0.05, 0.1) is 6.10 Å². The monoisotopic (exact) mass is 323 g/mol. The summed E-state index contributed by atoms with van der Waals surface area (Å²) in [5, 5.41) is 0. The quantitative estimate of drug-likeness (QED) is 0.771. The minimum Gasteiger partial charge on any atom is -0.381 e. The second-order valence-corrected chi connectivity index (χ2v) is 8.56. The Balaban J connectivity index is 1.43. The number of hydrogen-bond donors (Lipinski definition) is 0. The van der Waals surface area contributed by atoms with Gasteiger partial charge >= 0.3 is 0 Å². The summed E-state index contributed by atoms with van der Waals surface area (Å²) in [6.45, 7) is 12.6. The highest BCUT2D eigenvalue weighted by molar-refractivity contribution is 4.90. The molecule has 134 valence electrons. The van der Waals surface area contributed by atoms with Gasteiger partial charge in [0.2, 0.25) is 0 Å². The molecule has 4 nitrogen and oxygen atoms in total. The van der Waals surface area contributed by atoms with Crippen LogP contribution in [0.4, 0.5) is 0 Å². The zero-order valence-corrected chi connectivity index (χ0v) is 15.7. The van der Waals surface area contributed by atoms with E-state index in [0.29, 0.717) is 18.2 Å². The van der Waals surface area contributed by atoms with E-state index in [9.17, 15) is 0 Å². The van der Waals surface area contributed by atoms with Crippen molar-refractivity contribution in [1.29, 1.82) is 0 Å². The predicted octanol–water partition coefficient (Wildman–Crippen LogP) is 2.15. The highest BCUT2D eigenvalue weighted by Crippen LogP contribution is 2.32. The van der Waals surface area contributed by atoms with Crippen LogP contribution in [0, 0.1) is 11.8 Å². The van der Waals surface area contributed by atoms with E-state index in [2.05, 4.69) is 35.6 Å². The van der Waals surface area contributed by atoms with Crippen molar-refractivity contribution < 1.29 is 4.74 Å². The summed E-state index contributed by atoms with van der Waals surface area (Å²) in [7, 11) is 4.11. The first kappa shape index (κ1) is 17.7. The topological polar surface area (TPSA) is 19.0 Å². The molecule has 2 aliphatic heterocycles. The van der Waals surface area contributed by atoms with Crippen molar-refractivity contribution in [3.63, 3.8) is 0 Å². The minimum absolute atomic E-state index is 0.538. The third-order valence-electron chi connectivity index (χ3n) is 6.53. The molecule has 0 amide bonds. The van der Waals surface area contributed by atoms with Gasteiger partial charge in [-0.1, -0.05) is 0 Å². The van der Waals surface area contributed by atoms with E-state index in [1.807, 2.05) is 7.11 Å². The fourth-order valence-electron chi connectivity index (χ4n) is 4.90. The molecule has 0 radical (unpaired) electrons. The van der Waals surface area contributed by atoms with Crippen LogP contribution in [-0.4, -0.2) is 86.3 Å². The summed E-state index contributed by atoms with van der Waals surface area (Å²) in [4.78, 5) is 7.99. The number of nitrogens with zero attached hydrogens (tertiary/aromatic N) is 3. The van der Waals surface area contributed by atoms with Crippen molar-refractivity contribution in [3.8, 4) is 0 Å². The second-order valence-electron chi connectivity index (χ2n) is 8.56. The molecule has 3 aliphatic rings. The molecule has 2 unspecified atom stereocenters. The molecule has 4 heteroatoms. The van der Waals surface area contributed by atoms with E-state index < -0.39 is 0 Å². The molecule has 2 heterocycles. The Morgan fingerprint density at radius 1 is 0.913 bits per heavy atom. The fraction of sp³-hybridized carbons (Fsp3) is 1.00. The van der Waals surface area contributed by atoms with Crippen LogP contribution in [0.25, 0.3) is 0 Å². The lowest BCUT2D eigenvalue weighted by atomic mass is 9.81. The molecule has 3 rings (SSSR count). The number of methoxy groups -OCH3 is 1. The Hall–Kier alpha value is -0.160. The summed E-state index contributed by atoms with van der Waals surface area (Å²) < 4.78 is 5.44. The van der Waals surface area contributed by atoms with Crippen molar-refractivity contribution >= 4 is 0 Å². The van der Waals surface area contributed by atoms with Gasteiger partial charge in [-0.2, -0.15) is 0 Å². The van der Waals surface area contributed by atoms with Crippen molar-refractivity contribution in [2.75, 3.05) is 53.4 Å². The van der Waals surface area contributed by atoms with Gasteiger partial charge in [-0.25, -0.2) is 0 Å². The Morgan fingerprint density at radius 3 is 2.09 bits per heavy atom. The smallest absolute Gasteiger partial charge is 0.0577 e. The number of likely N-dealkylation sites (tertiary alicyclic amines) is 1. The highest BCUT2D eigenvalue weighted by atomic mass is 16.5. The molecule has 1 aliphatic carbocycles. The number of piperazine rings is 1. The Morgan fingerprint density at radius 2 is 1.52 bits per heavy atom. The minimum atomic E-state index is 0.538. The molecule has 0 bridgehead atoms. The van der Waals surface area contributed by atoms with Crippen molar-refractivity contribution in [2.45, 2.75) is 57.7 Å². The third-order valence-corrected chi connectivity index (χ3v) is 6.53. The van der Waals surface area contributed by atoms with Gasteiger partial charge in [0.1, 0.15) is 0 Å². The van der Waals surface area contributed by atoms with Gasteiger partial charge in [0.15, 0.2) is 0 Å². The van der Waals surface area contributed by atoms with E-state index in [4.69, 9.17) is 4.74 Å². The van der Waals surface area contributed by atoms with Crippen LogP contribution in [0.2, 0.25) is 0 Å². The molecule has 3 fully saturated rings. The summed E-state index contributed by atoms with van der Waals surface area (Å²) >= 11 is 0. The van der Waals surface area contributed by atoms with Gasteiger partial charge in [-0.3, -0.25) is 9.80 Å². The predicted molar refractivity (Wildman–Crippen MR) is 95.8 cm³/mol. The largest absolute Gasteiger partial charge is 0.381 e. The van der Waals surface area contributed by atoms with E-state index in [0.717, 1.165) is 11.8 Å². The first-order valence-corrected chi connectivity index (χ1v) is 9.74. The van der Waals surface area contributed by atoms with Crippen molar-refractivity contribution in [2.24, 2.45) is 11.8 Å². The van der Waals surface area contributed by atoms with Crippen LogP contribution in [0.3, 0.4) is 0 Å². The van der Waals surface area contributed by atoms with Crippen LogP contribution in [-0.2, 0) is 4.74 Å². The average molecular weight is 324 g/mol. The van der Waals surface area contributed by atoms with E-state index >= 15 is 0 Å². The molecule has 2 saturated heterocycles. The SMILES string of the molecule is CO[C@H]1C[C@H](CN2C(C)CN(CC3CCN(C)CC3)CC2C)C1. The van der Waals surface area contributed by atoms with Gasteiger partial charge < -0.3 is 9.64 Å². The zero-order valence-electron chi connectivity index (χ0n) is 15.7. The lowest BCUT2D eigenvalue weighted by molar-refractivity contribution is -0.0389. The van der Waals surface area contributed by atoms with Crippen molar-refractivity contribution in [1.82, 2.24) is 14.7 Å². The van der Waals surface area contributed by atoms with E-state index in [-0.39, 0.29) is 0 Å². The van der Waals surface area contributed by atoms with Crippen LogP contribution in [0.5, 0.6) is 0 Å². The number of ether oxygens (including phenoxy) is 1. The Bertz CT molecular complexity index is 352. The summed E-state index contributed by atoms with van der Waals surface area (Å²) in [5.74, 6) is 1.79.